The van der Waals surface area contributed by atoms with E-state index in [2.05, 4.69) is 15.1 Å². The van der Waals surface area contributed by atoms with Gasteiger partial charge in [0.1, 0.15) is 5.82 Å². The molecule has 0 amide bonds. The second-order valence-corrected chi connectivity index (χ2v) is 4.39. The fourth-order valence-electron chi connectivity index (χ4n) is 2.13. The number of benzene rings is 1. The van der Waals surface area contributed by atoms with Crippen LogP contribution in [0.25, 0.3) is 22.4 Å². The fourth-order valence-corrected chi connectivity index (χ4v) is 2.13. The molecule has 19 heavy (non-hydrogen) atoms. The summed E-state index contributed by atoms with van der Waals surface area (Å²) in [6.45, 7) is 1.99. The highest BCUT2D eigenvalue weighted by Crippen LogP contribution is 2.24. The minimum absolute atomic E-state index is 0.403. The van der Waals surface area contributed by atoms with Crippen molar-refractivity contribution >= 4 is 11.0 Å². The van der Waals surface area contributed by atoms with Crippen LogP contribution in [0.4, 0.5) is 8.78 Å². The van der Waals surface area contributed by atoms with Crippen molar-refractivity contribution in [2.24, 2.45) is 7.05 Å². The summed E-state index contributed by atoms with van der Waals surface area (Å²) in [7, 11) is 1.82. The summed E-state index contributed by atoms with van der Waals surface area (Å²) in [6.07, 6.45) is 2.60. The number of halogens is 2. The van der Waals surface area contributed by atoms with E-state index in [1.54, 1.807) is 4.68 Å². The summed E-state index contributed by atoms with van der Waals surface area (Å²) in [5.41, 5.74) is 2.61. The number of aromatic nitrogens is 4. The van der Waals surface area contributed by atoms with E-state index >= 15 is 0 Å². The van der Waals surface area contributed by atoms with Gasteiger partial charge >= 0.3 is 0 Å². The van der Waals surface area contributed by atoms with Gasteiger partial charge in [-0.15, -0.1) is 0 Å². The third-order valence-electron chi connectivity index (χ3n) is 3.02. The minimum atomic E-state index is -0.896. The van der Waals surface area contributed by atoms with Gasteiger partial charge in [-0.3, -0.25) is 4.68 Å². The lowest BCUT2D eigenvalue weighted by molar-refractivity contribution is 0.510. The molecule has 0 atom stereocenters. The van der Waals surface area contributed by atoms with E-state index in [0.29, 0.717) is 16.9 Å². The van der Waals surface area contributed by atoms with Crippen molar-refractivity contribution < 1.29 is 8.78 Å². The molecule has 6 heteroatoms. The molecule has 0 aliphatic heterocycles. The van der Waals surface area contributed by atoms with Crippen molar-refractivity contribution in [2.75, 3.05) is 0 Å². The topological polar surface area (TPSA) is 46.5 Å². The van der Waals surface area contributed by atoms with Gasteiger partial charge in [0.15, 0.2) is 11.6 Å². The molecule has 0 spiro atoms. The normalized spacial score (nSPS) is 11.4. The Kier molecular flexibility index (Phi) is 2.58. The quantitative estimate of drug-likeness (QED) is 0.772. The molecule has 0 bridgehead atoms. The van der Waals surface area contributed by atoms with Crippen molar-refractivity contribution in [3.8, 4) is 11.4 Å². The van der Waals surface area contributed by atoms with E-state index in [1.807, 2.05) is 20.2 Å². The molecule has 0 aliphatic rings. The van der Waals surface area contributed by atoms with Crippen LogP contribution in [0.5, 0.6) is 0 Å². The Balaban J connectivity index is 2.20. The maximum atomic E-state index is 13.2. The van der Waals surface area contributed by atoms with Gasteiger partial charge in [0, 0.05) is 25.4 Å². The van der Waals surface area contributed by atoms with Crippen LogP contribution < -0.4 is 0 Å². The van der Waals surface area contributed by atoms with Crippen LogP contribution in [0, 0.1) is 11.6 Å². The number of hydrogen-bond donors (Lipinski definition) is 1. The van der Waals surface area contributed by atoms with E-state index in [-0.39, 0.29) is 0 Å². The van der Waals surface area contributed by atoms with Crippen LogP contribution in [-0.2, 0) is 13.5 Å². The second kappa shape index (κ2) is 4.15. The minimum Gasteiger partial charge on any atom is -0.338 e. The summed E-state index contributed by atoms with van der Waals surface area (Å²) in [4.78, 5) is 7.29. The molecule has 0 aliphatic carbocycles. The number of aromatic amines is 1. The summed E-state index contributed by atoms with van der Waals surface area (Å²) >= 11 is 0. The number of hydrogen-bond acceptors (Lipinski definition) is 2. The van der Waals surface area contributed by atoms with Gasteiger partial charge < -0.3 is 4.98 Å². The predicted molar refractivity (Wildman–Crippen MR) is 67.6 cm³/mol. The summed E-state index contributed by atoms with van der Waals surface area (Å²) in [6, 6.07) is 2.20. The summed E-state index contributed by atoms with van der Waals surface area (Å²) < 4.78 is 28.0. The van der Waals surface area contributed by atoms with Gasteiger partial charge in [-0.2, -0.15) is 5.10 Å². The molecular weight excluding hydrogens is 250 g/mol. The van der Waals surface area contributed by atoms with E-state index in [9.17, 15) is 8.78 Å². The van der Waals surface area contributed by atoms with Crippen molar-refractivity contribution in [1.82, 2.24) is 19.7 Å². The Bertz CT molecular complexity index is 718. The number of nitrogens with one attached hydrogen (secondary N) is 1. The molecule has 2 aromatic heterocycles. The van der Waals surface area contributed by atoms with Gasteiger partial charge in [-0.25, -0.2) is 13.8 Å². The molecule has 0 saturated carbocycles. The van der Waals surface area contributed by atoms with Crippen molar-refractivity contribution in [3.05, 3.63) is 35.7 Å². The van der Waals surface area contributed by atoms with Gasteiger partial charge in [0.05, 0.1) is 22.3 Å². The SMILES string of the molecule is CCc1nn(C)cc1-c1nc2cc(F)c(F)cc2[nH]1. The highest BCUT2D eigenvalue weighted by atomic mass is 19.2. The number of H-pyrrole nitrogens is 1. The first kappa shape index (κ1) is 11.8. The van der Waals surface area contributed by atoms with Crippen molar-refractivity contribution in [3.63, 3.8) is 0 Å². The third-order valence-corrected chi connectivity index (χ3v) is 3.02. The first-order valence-electron chi connectivity index (χ1n) is 5.96. The maximum Gasteiger partial charge on any atom is 0.161 e. The molecule has 1 aromatic carbocycles. The Hall–Kier alpha value is -2.24. The second-order valence-electron chi connectivity index (χ2n) is 4.39. The lowest BCUT2D eigenvalue weighted by Gasteiger charge is -1.93. The standard InChI is InChI=1S/C13H12F2N4/c1-3-10-7(6-19(2)18-10)13-16-11-4-8(14)9(15)5-12(11)17-13/h4-6H,3H2,1-2H3,(H,16,17). The van der Waals surface area contributed by atoms with Crippen LogP contribution in [0.2, 0.25) is 0 Å². The zero-order valence-corrected chi connectivity index (χ0v) is 10.5. The van der Waals surface area contributed by atoms with Gasteiger partial charge in [-0.1, -0.05) is 6.92 Å². The highest BCUT2D eigenvalue weighted by molar-refractivity contribution is 5.79. The first-order valence-corrected chi connectivity index (χ1v) is 5.96. The van der Waals surface area contributed by atoms with Crippen LogP contribution in [-0.4, -0.2) is 19.7 Å². The molecule has 3 aromatic rings. The highest BCUT2D eigenvalue weighted by Gasteiger charge is 2.14. The fraction of sp³-hybridized carbons (Fsp3) is 0.231. The zero-order valence-electron chi connectivity index (χ0n) is 10.5. The molecule has 0 saturated heterocycles. The molecule has 3 rings (SSSR count). The van der Waals surface area contributed by atoms with E-state index in [1.165, 1.54) is 0 Å². The Morgan fingerprint density at radius 3 is 2.74 bits per heavy atom. The van der Waals surface area contributed by atoms with Gasteiger partial charge in [0.2, 0.25) is 0 Å². The number of imidazole rings is 1. The summed E-state index contributed by atoms with van der Waals surface area (Å²) in [5, 5.41) is 4.32. The molecule has 4 nitrogen and oxygen atoms in total. The van der Waals surface area contributed by atoms with E-state index in [4.69, 9.17) is 0 Å². The predicted octanol–water partition coefficient (Wildman–Crippen LogP) is 2.80. The largest absolute Gasteiger partial charge is 0.338 e. The zero-order chi connectivity index (χ0) is 13.6. The molecule has 1 N–H and O–H groups in total. The lowest BCUT2D eigenvalue weighted by atomic mass is 10.2. The van der Waals surface area contributed by atoms with Crippen molar-refractivity contribution in [1.29, 1.82) is 0 Å². The average molecular weight is 262 g/mol. The molecule has 0 fully saturated rings. The van der Waals surface area contributed by atoms with Crippen LogP contribution in [0.3, 0.4) is 0 Å². The average Bonchev–Trinajstić information content (AvgIpc) is 2.93. The molecule has 2 heterocycles. The van der Waals surface area contributed by atoms with Crippen molar-refractivity contribution in [2.45, 2.75) is 13.3 Å². The number of nitrogens with zero attached hydrogens (tertiary/aromatic N) is 3. The molecular formula is C13H12F2N4. The van der Waals surface area contributed by atoms with Crippen LogP contribution in [0.15, 0.2) is 18.3 Å². The Morgan fingerprint density at radius 1 is 1.26 bits per heavy atom. The molecule has 98 valence electrons. The Morgan fingerprint density at radius 2 is 2.00 bits per heavy atom. The van der Waals surface area contributed by atoms with Crippen LogP contribution >= 0.6 is 0 Å². The van der Waals surface area contributed by atoms with E-state index in [0.717, 1.165) is 29.8 Å². The number of aryl methyl sites for hydroxylation is 2. The van der Waals surface area contributed by atoms with E-state index < -0.39 is 11.6 Å². The smallest absolute Gasteiger partial charge is 0.161 e. The summed E-state index contributed by atoms with van der Waals surface area (Å²) in [5.74, 6) is -1.21. The molecule has 0 radical (unpaired) electrons. The van der Waals surface area contributed by atoms with Gasteiger partial charge in [-0.05, 0) is 6.42 Å². The lowest BCUT2D eigenvalue weighted by Crippen LogP contribution is -1.89. The van der Waals surface area contributed by atoms with Crippen LogP contribution in [0.1, 0.15) is 12.6 Å². The maximum absolute atomic E-state index is 13.2. The third kappa shape index (κ3) is 1.89. The number of rotatable bonds is 2. The molecule has 0 unspecified atom stereocenters. The number of fused-ring (bicyclic) bond motifs is 1. The Labute approximate surface area is 108 Å². The van der Waals surface area contributed by atoms with Gasteiger partial charge in [0.25, 0.3) is 0 Å². The monoisotopic (exact) mass is 262 g/mol. The first-order chi connectivity index (χ1) is 9.08.